The lowest BCUT2D eigenvalue weighted by Gasteiger charge is -2.24. The van der Waals surface area contributed by atoms with Crippen LogP contribution in [0.2, 0.25) is 0 Å². The maximum absolute atomic E-state index is 13.8. The van der Waals surface area contributed by atoms with Gasteiger partial charge in [-0.1, -0.05) is 12.1 Å². The Labute approximate surface area is 89.9 Å². The van der Waals surface area contributed by atoms with Gasteiger partial charge in [0.25, 0.3) is 0 Å². The van der Waals surface area contributed by atoms with Gasteiger partial charge in [0.05, 0.1) is 5.69 Å². The minimum Gasteiger partial charge on any atom is -0.369 e. The zero-order valence-electron chi connectivity index (χ0n) is 9.20. The van der Waals surface area contributed by atoms with Crippen LogP contribution in [0.5, 0.6) is 0 Å². The number of hydrogen-bond acceptors (Lipinski definition) is 2. The van der Waals surface area contributed by atoms with Gasteiger partial charge in [-0.3, -0.25) is 0 Å². The standard InChI is InChI=1S/C12H17FN2/c1-8(14)10-4-3-5-11(13)12(10)15(2)9-6-7-9/h3-5,8-9H,6-7,14H2,1-2H3/t8-/m1/s1. The minimum atomic E-state index is -0.167. The number of para-hydroxylation sites is 1. The van der Waals surface area contributed by atoms with Crippen LogP contribution in [0.4, 0.5) is 10.1 Å². The van der Waals surface area contributed by atoms with Gasteiger partial charge in [0, 0.05) is 19.1 Å². The first kappa shape index (κ1) is 10.4. The molecule has 0 aliphatic heterocycles. The average molecular weight is 208 g/mol. The summed E-state index contributed by atoms with van der Waals surface area (Å²) in [6, 6.07) is 5.50. The highest BCUT2D eigenvalue weighted by Gasteiger charge is 2.29. The molecule has 0 aromatic heterocycles. The molecule has 1 saturated carbocycles. The molecule has 2 N–H and O–H groups in total. The summed E-state index contributed by atoms with van der Waals surface area (Å²) in [5.41, 5.74) is 7.42. The number of nitrogens with two attached hydrogens (primary N) is 1. The monoisotopic (exact) mass is 208 g/mol. The quantitative estimate of drug-likeness (QED) is 0.826. The van der Waals surface area contributed by atoms with E-state index in [4.69, 9.17) is 5.73 Å². The number of benzene rings is 1. The summed E-state index contributed by atoms with van der Waals surface area (Å²) in [5.74, 6) is -0.167. The molecular formula is C12H17FN2. The number of rotatable bonds is 3. The Morgan fingerprint density at radius 3 is 2.67 bits per heavy atom. The lowest BCUT2D eigenvalue weighted by molar-refractivity contribution is 0.615. The third-order valence-electron chi connectivity index (χ3n) is 2.96. The Bertz CT molecular complexity index is 359. The van der Waals surface area contributed by atoms with E-state index < -0.39 is 0 Å². The van der Waals surface area contributed by atoms with Crippen LogP contribution in [0.1, 0.15) is 31.4 Å². The molecule has 1 fully saturated rings. The van der Waals surface area contributed by atoms with E-state index in [9.17, 15) is 4.39 Å². The molecule has 15 heavy (non-hydrogen) atoms. The van der Waals surface area contributed by atoms with Crippen LogP contribution in [-0.4, -0.2) is 13.1 Å². The molecule has 1 aromatic carbocycles. The van der Waals surface area contributed by atoms with Crippen LogP contribution in [0.25, 0.3) is 0 Å². The Morgan fingerprint density at radius 2 is 2.13 bits per heavy atom. The van der Waals surface area contributed by atoms with Gasteiger partial charge >= 0.3 is 0 Å². The first-order valence-electron chi connectivity index (χ1n) is 5.38. The van der Waals surface area contributed by atoms with E-state index in [0.717, 1.165) is 18.4 Å². The van der Waals surface area contributed by atoms with Crippen LogP contribution in [0, 0.1) is 5.82 Å². The maximum atomic E-state index is 13.8. The van der Waals surface area contributed by atoms with E-state index in [1.165, 1.54) is 6.07 Å². The summed E-state index contributed by atoms with van der Waals surface area (Å²) in [5, 5.41) is 0. The fourth-order valence-corrected chi connectivity index (χ4v) is 1.92. The Hall–Kier alpha value is -1.09. The summed E-state index contributed by atoms with van der Waals surface area (Å²) in [4.78, 5) is 2.02. The van der Waals surface area contributed by atoms with Gasteiger partial charge in [-0.25, -0.2) is 4.39 Å². The molecule has 2 rings (SSSR count). The average Bonchev–Trinajstić information content (AvgIpc) is 2.99. The maximum Gasteiger partial charge on any atom is 0.146 e. The lowest BCUT2D eigenvalue weighted by atomic mass is 10.1. The van der Waals surface area contributed by atoms with Crippen molar-refractivity contribution in [1.29, 1.82) is 0 Å². The Morgan fingerprint density at radius 1 is 1.47 bits per heavy atom. The first-order chi connectivity index (χ1) is 7.11. The molecule has 3 heteroatoms. The predicted octanol–water partition coefficient (Wildman–Crippen LogP) is 2.44. The molecule has 1 aliphatic rings. The smallest absolute Gasteiger partial charge is 0.146 e. The molecule has 1 aliphatic carbocycles. The molecule has 1 atom stereocenters. The zero-order valence-corrected chi connectivity index (χ0v) is 9.20. The molecular weight excluding hydrogens is 191 g/mol. The van der Waals surface area contributed by atoms with E-state index in [2.05, 4.69) is 0 Å². The molecule has 0 heterocycles. The normalized spacial score (nSPS) is 17.6. The first-order valence-corrected chi connectivity index (χ1v) is 5.38. The van der Waals surface area contributed by atoms with Crippen molar-refractivity contribution in [2.75, 3.05) is 11.9 Å². The van der Waals surface area contributed by atoms with Crippen molar-refractivity contribution in [3.8, 4) is 0 Å². The van der Waals surface area contributed by atoms with Crippen molar-refractivity contribution in [1.82, 2.24) is 0 Å². The Kier molecular flexibility index (Phi) is 2.65. The van der Waals surface area contributed by atoms with Gasteiger partial charge in [-0.2, -0.15) is 0 Å². The molecule has 0 unspecified atom stereocenters. The van der Waals surface area contributed by atoms with Crippen LogP contribution in [0.15, 0.2) is 18.2 Å². The predicted molar refractivity (Wildman–Crippen MR) is 60.4 cm³/mol. The van der Waals surface area contributed by atoms with Gasteiger partial charge in [-0.15, -0.1) is 0 Å². The molecule has 2 nitrogen and oxygen atoms in total. The molecule has 0 bridgehead atoms. The third-order valence-corrected chi connectivity index (χ3v) is 2.96. The second kappa shape index (κ2) is 3.81. The lowest BCUT2D eigenvalue weighted by Crippen LogP contribution is -2.24. The minimum absolute atomic E-state index is 0.128. The fraction of sp³-hybridized carbons (Fsp3) is 0.500. The second-order valence-corrected chi connectivity index (χ2v) is 4.31. The van der Waals surface area contributed by atoms with Gasteiger partial charge < -0.3 is 10.6 Å². The summed E-state index contributed by atoms with van der Waals surface area (Å²) in [7, 11) is 1.95. The summed E-state index contributed by atoms with van der Waals surface area (Å²) >= 11 is 0. The molecule has 1 aromatic rings. The molecule has 0 saturated heterocycles. The highest BCUT2D eigenvalue weighted by atomic mass is 19.1. The van der Waals surface area contributed by atoms with Crippen molar-refractivity contribution in [2.45, 2.75) is 31.8 Å². The third kappa shape index (κ3) is 1.97. The van der Waals surface area contributed by atoms with Gasteiger partial charge in [0.2, 0.25) is 0 Å². The van der Waals surface area contributed by atoms with Crippen LogP contribution in [-0.2, 0) is 0 Å². The highest BCUT2D eigenvalue weighted by molar-refractivity contribution is 5.57. The summed E-state index contributed by atoms with van der Waals surface area (Å²) in [6.07, 6.45) is 2.31. The van der Waals surface area contributed by atoms with Crippen molar-refractivity contribution >= 4 is 5.69 Å². The van der Waals surface area contributed by atoms with E-state index in [0.29, 0.717) is 11.7 Å². The van der Waals surface area contributed by atoms with Gasteiger partial charge in [-0.05, 0) is 31.4 Å². The molecule has 82 valence electrons. The zero-order chi connectivity index (χ0) is 11.0. The summed E-state index contributed by atoms with van der Waals surface area (Å²) < 4.78 is 13.8. The van der Waals surface area contributed by atoms with Crippen molar-refractivity contribution in [3.05, 3.63) is 29.6 Å². The second-order valence-electron chi connectivity index (χ2n) is 4.31. The van der Waals surface area contributed by atoms with Crippen LogP contribution < -0.4 is 10.6 Å². The SMILES string of the molecule is C[C@@H](N)c1cccc(F)c1N(C)C1CC1. The van der Waals surface area contributed by atoms with E-state index in [1.807, 2.05) is 24.9 Å². The van der Waals surface area contributed by atoms with Gasteiger partial charge in [0.15, 0.2) is 0 Å². The molecule has 0 spiro atoms. The van der Waals surface area contributed by atoms with E-state index >= 15 is 0 Å². The molecule has 0 amide bonds. The van der Waals surface area contributed by atoms with E-state index in [-0.39, 0.29) is 11.9 Å². The highest BCUT2D eigenvalue weighted by Crippen LogP contribution is 2.35. The summed E-state index contributed by atoms with van der Waals surface area (Å²) in [6.45, 7) is 1.89. The Balaban J connectivity index is 2.41. The number of hydrogen-bond donors (Lipinski definition) is 1. The molecule has 0 radical (unpaired) electrons. The van der Waals surface area contributed by atoms with Gasteiger partial charge in [0.1, 0.15) is 5.82 Å². The van der Waals surface area contributed by atoms with E-state index in [1.54, 1.807) is 6.07 Å². The van der Waals surface area contributed by atoms with Crippen LogP contribution in [0.3, 0.4) is 0 Å². The number of nitrogens with zero attached hydrogens (tertiary/aromatic N) is 1. The largest absolute Gasteiger partial charge is 0.369 e. The van der Waals surface area contributed by atoms with Crippen LogP contribution >= 0.6 is 0 Å². The van der Waals surface area contributed by atoms with Crippen molar-refractivity contribution in [3.63, 3.8) is 0 Å². The topological polar surface area (TPSA) is 29.3 Å². The fourth-order valence-electron chi connectivity index (χ4n) is 1.92. The van der Waals surface area contributed by atoms with Crippen molar-refractivity contribution in [2.24, 2.45) is 5.73 Å². The number of anilines is 1. The number of halogens is 1. The van der Waals surface area contributed by atoms with Crippen molar-refractivity contribution < 1.29 is 4.39 Å².